The van der Waals surface area contributed by atoms with Crippen LogP contribution in [0.25, 0.3) is 10.9 Å². The minimum atomic E-state index is -4.31. The number of aromatic nitrogens is 1. The van der Waals surface area contributed by atoms with Crippen LogP contribution in [0.1, 0.15) is 12.0 Å². The van der Waals surface area contributed by atoms with Gasteiger partial charge in [0.2, 0.25) is 0 Å². The molecule has 1 heterocycles. The lowest BCUT2D eigenvalue weighted by Gasteiger charge is -2.24. The minimum absolute atomic E-state index is 0.0344. The van der Waals surface area contributed by atoms with Gasteiger partial charge in [0, 0.05) is 41.9 Å². The van der Waals surface area contributed by atoms with Gasteiger partial charge < -0.3 is 5.11 Å². The van der Waals surface area contributed by atoms with Crippen LogP contribution in [0.15, 0.2) is 30.5 Å². The summed E-state index contributed by atoms with van der Waals surface area (Å²) in [6.07, 6.45) is -2.45. The second-order valence-electron chi connectivity index (χ2n) is 5.00. The summed E-state index contributed by atoms with van der Waals surface area (Å²) in [5.74, 6) is 0. The van der Waals surface area contributed by atoms with Gasteiger partial charge in [0.1, 0.15) is 0 Å². The molecule has 1 aromatic carbocycles. The first-order valence-electron chi connectivity index (χ1n) is 6.83. The Morgan fingerprint density at radius 3 is 2.68 bits per heavy atom. The Bertz CT molecular complexity index is 634. The van der Waals surface area contributed by atoms with Gasteiger partial charge in [0.15, 0.2) is 0 Å². The first-order valence-corrected chi connectivity index (χ1v) is 7.20. The van der Waals surface area contributed by atoms with E-state index < -0.39 is 12.7 Å². The van der Waals surface area contributed by atoms with Gasteiger partial charge in [0.05, 0.1) is 12.1 Å². The van der Waals surface area contributed by atoms with Crippen molar-refractivity contribution < 1.29 is 18.3 Å². The average molecular weight is 333 g/mol. The van der Waals surface area contributed by atoms with Gasteiger partial charge in [-0.15, -0.1) is 0 Å². The molecule has 0 atom stereocenters. The van der Waals surface area contributed by atoms with E-state index in [1.807, 2.05) is 6.07 Å². The Morgan fingerprint density at radius 1 is 1.23 bits per heavy atom. The third-order valence-electron chi connectivity index (χ3n) is 3.24. The van der Waals surface area contributed by atoms with Crippen molar-refractivity contribution >= 4 is 22.5 Å². The third-order valence-corrected chi connectivity index (χ3v) is 3.59. The van der Waals surface area contributed by atoms with Crippen molar-refractivity contribution in [3.05, 3.63) is 41.0 Å². The van der Waals surface area contributed by atoms with Crippen LogP contribution in [0, 0.1) is 0 Å². The molecule has 3 nitrogen and oxygen atoms in total. The van der Waals surface area contributed by atoms with E-state index in [1.165, 1.54) is 4.90 Å². The van der Waals surface area contributed by atoms with Crippen LogP contribution in [0.5, 0.6) is 0 Å². The molecule has 22 heavy (non-hydrogen) atoms. The fourth-order valence-corrected chi connectivity index (χ4v) is 2.53. The Hall–Kier alpha value is -1.37. The van der Waals surface area contributed by atoms with E-state index in [0.717, 1.165) is 5.39 Å². The molecule has 0 bridgehead atoms. The van der Waals surface area contributed by atoms with Crippen LogP contribution >= 0.6 is 11.6 Å². The van der Waals surface area contributed by atoms with Crippen molar-refractivity contribution in [2.45, 2.75) is 19.1 Å². The monoisotopic (exact) mass is 332 g/mol. The summed E-state index contributed by atoms with van der Waals surface area (Å²) in [6, 6.07) is 7.05. The second kappa shape index (κ2) is 7.26. The Kier molecular flexibility index (Phi) is 5.61. The minimum Gasteiger partial charge on any atom is -0.396 e. The lowest BCUT2D eigenvalue weighted by Crippen LogP contribution is -2.35. The van der Waals surface area contributed by atoms with Crippen LogP contribution < -0.4 is 0 Å². The van der Waals surface area contributed by atoms with Gasteiger partial charge in [0.25, 0.3) is 0 Å². The Morgan fingerprint density at radius 2 is 2.00 bits per heavy atom. The molecule has 2 aromatic rings. The number of hydrogen-bond donors (Lipinski definition) is 1. The maximum absolute atomic E-state index is 12.7. The molecule has 0 spiro atoms. The number of benzene rings is 1. The van der Waals surface area contributed by atoms with E-state index in [1.54, 1.807) is 24.4 Å². The van der Waals surface area contributed by atoms with Gasteiger partial charge in [-0.3, -0.25) is 9.88 Å². The molecule has 0 aliphatic carbocycles. The zero-order valence-corrected chi connectivity index (χ0v) is 12.5. The largest absolute Gasteiger partial charge is 0.401 e. The summed E-state index contributed by atoms with van der Waals surface area (Å²) < 4.78 is 38.1. The van der Waals surface area contributed by atoms with Gasteiger partial charge in [-0.05, 0) is 18.6 Å². The van der Waals surface area contributed by atoms with Crippen molar-refractivity contribution in [2.24, 2.45) is 0 Å². The van der Waals surface area contributed by atoms with E-state index >= 15 is 0 Å². The van der Waals surface area contributed by atoms with Crippen LogP contribution in [0.3, 0.4) is 0 Å². The molecule has 120 valence electrons. The summed E-state index contributed by atoms with van der Waals surface area (Å²) in [5.41, 5.74) is 1.17. The molecule has 0 saturated carbocycles. The fraction of sp³-hybridized carbons (Fsp3) is 0.400. The number of nitrogens with zero attached hydrogens (tertiary/aromatic N) is 2. The van der Waals surface area contributed by atoms with Crippen LogP contribution in [-0.2, 0) is 6.54 Å². The number of aliphatic hydroxyl groups is 1. The van der Waals surface area contributed by atoms with Crippen LogP contribution in [0.4, 0.5) is 13.2 Å². The topological polar surface area (TPSA) is 36.4 Å². The molecule has 0 saturated heterocycles. The number of alkyl halides is 3. The standard InChI is InChI=1S/C15H16ClF3N2O/c16-13-5-4-11-3-1-6-20-14(11)12(13)9-21(7-2-8-22)10-15(17,18)19/h1,3-6,22H,2,7-10H2. The molecule has 0 unspecified atom stereocenters. The van der Waals surface area contributed by atoms with Crippen molar-refractivity contribution in [1.29, 1.82) is 0 Å². The first-order chi connectivity index (χ1) is 10.4. The number of rotatable bonds is 6. The molecular weight excluding hydrogens is 317 g/mol. The number of halogens is 4. The zero-order valence-electron chi connectivity index (χ0n) is 11.8. The molecule has 0 aliphatic heterocycles. The number of hydrogen-bond acceptors (Lipinski definition) is 3. The summed E-state index contributed by atoms with van der Waals surface area (Å²) >= 11 is 6.16. The van der Waals surface area contributed by atoms with Crippen molar-refractivity contribution in [3.8, 4) is 0 Å². The van der Waals surface area contributed by atoms with Gasteiger partial charge >= 0.3 is 6.18 Å². The first kappa shape index (κ1) is 17.0. The summed E-state index contributed by atoms with van der Waals surface area (Å²) in [6.45, 7) is -1.04. The maximum Gasteiger partial charge on any atom is 0.401 e. The number of aliphatic hydroxyl groups excluding tert-OH is 1. The SMILES string of the molecule is OCCCN(Cc1c(Cl)ccc2cccnc12)CC(F)(F)F. The molecule has 1 aromatic heterocycles. The second-order valence-corrected chi connectivity index (χ2v) is 5.41. The van der Waals surface area contributed by atoms with Crippen LogP contribution in [0.2, 0.25) is 5.02 Å². The van der Waals surface area contributed by atoms with E-state index in [2.05, 4.69) is 4.98 Å². The number of fused-ring (bicyclic) bond motifs is 1. The van der Waals surface area contributed by atoms with Crippen molar-refractivity contribution in [2.75, 3.05) is 19.7 Å². The third kappa shape index (κ3) is 4.56. The highest BCUT2D eigenvalue weighted by Gasteiger charge is 2.31. The summed E-state index contributed by atoms with van der Waals surface area (Å²) in [5, 5.41) is 10.1. The lowest BCUT2D eigenvalue weighted by molar-refractivity contribution is -0.147. The Labute approximate surface area is 131 Å². The highest BCUT2D eigenvalue weighted by molar-refractivity contribution is 6.32. The van der Waals surface area contributed by atoms with E-state index in [4.69, 9.17) is 16.7 Å². The highest BCUT2D eigenvalue weighted by atomic mass is 35.5. The van der Waals surface area contributed by atoms with Crippen LogP contribution in [-0.4, -0.2) is 40.9 Å². The number of pyridine rings is 1. The molecule has 1 N–H and O–H groups in total. The van der Waals surface area contributed by atoms with Crippen molar-refractivity contribution in [1.82, 2.24) is 9.88 Å². The molecule has 2 rings (SSSR count). The van der Waals surface area contributed by atoms with Crippen molar-refractivity contribution in [3.63, 3.8) is 0 Å². The molecule has 0 aliphatic rings. The predicted octanol–water partition coefficient (Wildman–Crippen LogP) is 3.63. The maximum atomic E-state index is 12.7. The van der Waals surface area contributed by atoms with E-state index in [9.17, 15) is 13.2 Å². The van der Waals surface area contributed by atoms with E-state index in [-0.39, 0.29) is 26.1 Å². The molecule has 0 radical (unpaired) electrons. The van der Waals surface area contributed by atoms with Gasteiger partial charge in [-0.1, -0.05) is 23.7 Å². The molecule has 7 heteroatoms. The normalized spacial score (nSPS) is 12.3. The molecular formula is C15H16ClF3N2O. The quantitative estimate of drug-likeness (QED) is 0.877. The fourth-order valence-electron chi connectivity index (χ4n) is 2.32. The predicted molar refractivity (Wildman–Crippen MR) is 79.8 cm³/mol. The summed E-state index contributed by atoms with van der Waals surface area (Å²) in [4.78, 5) is 5.46. The van der Waals surface area contributed by atoms with Gasteiger partial charge in [-0.25, -0.2) is 0 Å². The van der Waals surface area contributed by atoms with Gasteiger partial charge in [-0.2, -0.15) is 13.2 Å². The Balaban J connectivity index is 2.30. The summed E-state index contributed by atoms with van der Waals surface area (Å²) in [7, 11) is 0. The smallest absolute Gasteiger partial charge is 0.396 e. The lowest BCUT2D eigenvalue weighted by atomic mass is 10.1. The average Bonchev–Trinajstić information content (AvgIpc) is 2.46. The molecule has 0 amide bonds. The highest BCUT2D eigenvalue weighted by Crippen LogP contribution is 2.27. The molecule has 0 fully saturated rings. The van der Waals surface area contributed by atoms with E-state index in [0.29, 0.717) is 16.1 Å². The zero-order chi connectivity index (χ0) is 16.2.